The Morgan fingerprint density at radius 1 is 0.358 bits per heavy atom. The number of furan rings is 2. The fourth-order valence-electron chi connectivity index (χ4n) is 9.63. The Balaban J connectivity index is 1.09. The molecule has 0 bridgehead atoms. The monoisotopic (exact) mass is 676 g/mol. The molecule has 0 saturated carbocycles. The highest BCUT2D eigenvalue weighted by atomic mass is 16.3. The second-order valence-electron chi connectivity index (χ2n) is 15.2. The molecule has 2 aromatic heterocycles. The summed E-state index contributed by atoms with van der Waals surface area (Å²) in [4.78, 5) is 0. The van der Waals surface area contributed by atoms with Gasteiger partial charge in [0.05, 0.1) is 0 Å². The lowest BCUT2D eigenvalue weighted by Gasteiger charge is -2.23. The summed E-state index contributed by atoms with van der Waals surface area (Å²) < 4.78 is 12.9. The molecule has 1 aliphatic carbocycles. The molecule has 2 nitrogen and oxygen atoms in total. The number of para-hydroxylation sites is 1. The zero-order chi connectivity index (χ0) is 35.0. The molecule has 0 saturated heterocycles. The van der Waals surface area contributed by atoms with Crippen molar-refractivity contribution in [3.05, 3.63) is 169 Å². The van der Waals surface area contributed by atoms with E-state index in [2.05, 4.69) is 159 Å². The van der Waals surface area contributed by atoms with Gasteiger partial charge in [-0.25, -0.2) is 0 Å². The van der Waals surface area contributed by atoms with Crippen LogP contribution in [0.5, 0.6) is 0 Å². The lowest BCUT2D eigenvalue weighted by Crippen LogP contribution is -2.14. The lowest BCUT2D eigenvalue weighted by atomic mass is 9.80. The van der Waals surface area contributed by atoms with Crippen LogP contribution in [-0.2, 0) is 5.41 Å². The minimum absolute atomic E-state index is 0.0695. The van der Waals surface area contributed by atoms with Crippen molar-refractivity contribution in [1.29, 1.82) is 0 Å². The molecule has 0 aliphatic heterocycles. The first-order valence-corrected chi connectivity index (χ1v) is 18.4. The Morgan fingerprint density at radius 3 is 1.64 bits per heavy atom. The SMILES string of the molecule is CC1(C)c2ccccc2-c2ccc(-c3c4ccccc4c(-c4ccc5oc6c(ccc7c6ccc6oc8ccccc8c67)c5c4)c4ccccc34)cc21. The first-order chi connectivity index (χ1) is 26.0. The Labute approximate surface area is 305 Å². The smallest absolute Gasteiger partial charge is 0.143 e. The highest BCUT2D eigenvalue weighted by molar-refractivity contribution is 6.26. The fourth-order valence-corrected chi connectivity index (χ4v) is 9.63. The van der Waals surface area contributed by atoms with E-state index in [1.807, 2.05) is 12.1 Å². The molecule has 0 amide bonds. The Bertz CT molecular complexity index is 3310. The summed E-state index contributed by atoms with van der Waals surface area (Å²) in [5, 5.41) is 11.8. The van der Waals surface area contributed by atoms with Crippen LogP contribution in [0.2, 0.25) is 0 Å². The zero-order valence-corrected chi connectivity index (χ0v) is 29.3. The number of hydrogen-bond donors (Lipinski definition) is 0. The van der Waals surface area contributed by atoms with Gasteiger partial charge >= 0.3 is 0 Å². The van der Waals surface area contributed by atoms with E-state index in [9.17, 15) is 0 Å². The third-order valence-electron chi connectivity index (χ3n) is 12.1. The number of hydrogen-bond acceptors (Lipinski definition) is 2. The van der Waals surface area contributed by atoms with Crippen LogP contribution in [0.1, 0.15) is 25.0 Å². The molecule has 0 atom stereocenters. The molecule has 2 heteroatoms. The third-order valence-corrected chi connectivity index (χ3v) is 12.1. The van der Waals surface area contributed by atoms with Crippen LogP contribution in [0.3, 0.4) is 0 Å². The molecule has 0 fully saturated rings. The number of fused-ring (bicyclic) bond motifs is 14. The van der Waals surface area contributed by atoms with Gasteiger partial charge in [-0.05, 0) is 114 Å². The van der Waals surface area contributed by atoms with Gasteiger partial charge in [0.2, 0.25) is 0 Å². The van der Waals surface area contributed by atoms with Crippen LogP contribution in [0, 0.1) is 0 Å². The van der Waals surface area contributed by atoms with Crippen molar-refractivity contribution in [3.63, 3.8) is 0 Å². The first kappa shape index (κ1) is 29.0. The van der Waals surface area contributed by atoms with E-state index >= 15 is 0 Å². The predicted molar refractivity (Wildman–Crippen MR) is 222 cm³/mol. The summed E-state index contributed by atoms with van der Waals surface area (Å²) in [5.74, 6) is 0. The van der Waals surface area contributed by atoms with E-state index in [0.717, 1.165) is 54.6 Å². The average Bonchev–Trinajstić information content (AvgIpc) is 3.84. The topological polar surface area (TPSA) is 26.3 Å². The third kappa shape index (κ3) is 3.82. The van der Waals surface area contributed by atoms with Crippen molar-refractivity contribution in [2.75, 3.05) is 0 Å². The van der Waals surface area contributed by atoms with Gasteiger partial charge in [-0.3, -0.25) is 0 Å². The Morgan fingerprint density at radius 2 is 0.887 bits per heavy atom. The van der Waals surface area contributed by atoms with E-state index in [0.29, 0.717) is 0 Å². The van der Waals surface area contributed by atoms with Gasteiger partial charge in [-0.2, -0.15) is 0 Å². The van der Waals surface area contributed by atoms with E-state index < -0.39 is 0 Å². The van der Waals surface area contributed by atoms with Gasteiger partial charge in [0, 0.05) is 32.3 Å². The molecular weight excluding hydrogens is 645 g/mol. The van der Waals surface area contributed by atoms with Crippen LogP contribution in [-0.4, -0.2) is 0 Å². The standard InChI is InChI=1S/C51H32O2/c1-51(2)42-17-9-7-11-31(42)32-21-19-30(28-43(32)51)48-35-14-5-3-12-33(35)47(34-13-4-6-15-36(34)48)29-20-25-45-41(27-29)39-23-22-37-38(50(39)53-45)24-26-46-49(37)40-16-8-10-18-44(40)52-46/h3-28H,1-2H3. The molecule has 248 valence electrons. The molecule has 0 radical (unpaired) electrons. The molecule has 2 heterocycles. The highest BCUT2D eigenvalue weighted by Crippen LogP contribution is 2.51. The maximum absolute atomic E-state index is 6.69. The molecule has 0 N–H and O–H groups in total. The van der Waals surface area contributed by atoms with Crippen LogP contribution in [0.4, 0.5) is 0 Å². The van der Waals surface area contributed by atoms with E-state index in [-0.39, 0.29) is 5.41 Å². The molecular formula is C51H32O2. The second-order valence-corrected chi connectivity index (χ2v) is 15.2. The van der Waals surface area contributed by atoms with E-state index in [1.54, 1.807) is 0 Å². The minimum atomic E-state index is -0.0695. The van der Waals surface area contributed by atoms with Crippen molar-refractivity contribution in [3.8, 4) is 33.4 Å². The largest absolute Gasteiger partial charge is 0.456 e. The van der Waals surface area contributed by atoms with Crippen molar-refractivity contribution in [1.82, 2.24) is 0 Å². The van der Waals surface area contributed by atoms with Crippen LogP contribution in [0.15, 0.2) is 167 Å². The van der Waals surface area contributed by atoms with Crippen LogP contribution >= 0.6 is 0 Å². The normalized spacial score (nSPS) is 13.6. The summed E-state index contributed by atoms with van der Waals surface area (Å²) >= 11 is 0. The predicted octanol–water partition coefficient (Wildman–Crippen LogP) is 14.6. The van der Waals surface area contributed by atoms with Gasteiger partial charge in [0.15, 0.2) is 0 Å². The quantitative estimate of drug-likeness (QED) is 0.170. The summed E-state index contributed by atoms with van der Waals surface area (Å²) in [6, 6.07) is 57.6. The van der Waals surface area contributed by atoms with Gasteiger partial charge in [-0.15, -0.1) is 0 Å². The number of rotatable bonds is 2. The van der Waals surface area contributed by atoms with Gasteiger partial charge in [0.1, 0.15) is 22.3 Å². The maximum Gasteiger partial charge on any atom is 0.143 e. The Hall–Kier alpha value is -6.64. The summed E-state index contributed by atoms with van der Waals surface area (Å²) in [6.07, 6.45) is 0. The summed E-state index contributed by atoms with van der Waals surface area (Å²) in [5.41, 5.74) is 14.0. The molecule has 0 spiro atoms. The van der Waals surface area contributed by atoms with Crippen LogP contribution in [0.25, 0.3) is 110 Å². The van der Waals surface area contributed by atoms with Crippen molar-refractivity contribution in [2.24, 2.45) is 0 Å². The minimum Gasteiger partial charge on any atom is -0.456 e. The molecule has 9 aromatic carbocycles. The van der Waals surface area contributed by atoms with Crippen molar-refractivity contribution >= 4 is 76.2 Å². The van der Waals surface area contributed by atoms with E-state index in [1.165, 1.54) is 66.1 Å². The van der Waals surface area contributed by atoms with Gasteiger partial charge in [0.25, 0.3) is 0 Å². The summed E-state index contributed by atoms with van der Waals surface area (Å²) in [7, 11) is 0. The zero-order valence-electron chi connectivity index (χ0n) is 29.3. The first-order valence-electron chi connectivity index (χ1n) is 18.4. The number of benzene rings is 9. The van der Waals surface area contributed by atoms with Crippen molar-refractivity contribution in [2.45, 2.75) is 19.3 Å². The highest BCUT2D eigenvalue weighted by Gasteiger charge is 2.35. The average molecular weight is 677 g/mol. The van der Waals surface area contributed by atoms with Gasteiger partial charge < -0.3 is 8.83 Å². The maximum atomic E-state index is 6.69. The van der Waals surface area contributed by atoms with E-state index in [4.69, 9.17) is 8.83 Å². The van der Waals surface area contributed by atoms with Crippen LogP contribution < -0.4 is 0 Å². The Kier molecular flexibility index (Phi) is 5.60. The summed E-state index contributed by atoms with van der Waals surface area (Å²) in [6.45, 7) is 4.72. The lowest BCUT2D eigenvalue weighted by molar-refractivity contribution is 0.660. The van der Waals surface area contributed by atoms with Crippen molar-refractivity contribution < 1.29 is 8.83 Å². The molecule has 53 heavy (non-hydrogen) atoms. The van der Waals surface area contributed by atoms with Gasteiger partial charge in [-0.1, -0.05) is 129 Å². The molecule has 1 aliphatic rings. The fraction of sp³-hybridized carbons (Fsp3) is 0.0588. The molecule has 0 unspecified atom stereocenters. The second kappa shape index (κ2) is 10.2. The molecule has 11 aromatic rings. The molecule has 12 rings (SSSR count).